The first-order valence-electron chi connectivity index (χ1n) is 6.19. The molecule has 116 valence electrons. The summed E-state index contributed by atoms with van der Waals surface area (Å²) in [4.78, 5) is 10.2. The van der Waals surface area contributed by atoms with Crippen LogP contribution in [-0.2, 0) is 9.84 Å². The molecule has 1 aromatic heterocycles. The zero-order valence-electron chi connectivity index (χ0n) is 11.7. The molecule has 0 spiro atoms. The maximum Gasteiger partial charge on any atom is 0.227 e. The highest BCUT2D eigenvalue weighted by Crippen LogP contribution is 2.24. The van der Waals surface area contributed by atoms with Crippen LogP contribution in [0.25, 0.3) is 0 Å². The Hall–Kier alpha value is -1.55. The lowest BCUT2D eigenvalue weighted by molar-refractivity contribution is 0.318. The highest BCUT2D eigenvalue weighted by Gasteiger charge is 2.33. The monoisotopic (exact) mass is 331 g/mol. The van der Waals surface area contributed by atoms with E-state index in [1.54, 1.807) is 29.7 Å². The third kappa shape index (κ3) is 3.56. The summed E-state index contributed by atoms with van der Waals surface area (Å²) in [5.41, 5.74) is 6.44. The van der Waals surface area contributed by atoms with Crippen molar-refractivity contribution in [1.29, 1.82) is 0 Å². The summed E-state index contributed by atoms with van der Waals surface area (Å²) >= 11 is 1.58. The molecule has 1 atom stereocenters. The highest BCUT2D eigenvalue weighted by atomic mass is 32.2. The normalized spacial score (nSPS) is 20.6. The second kappa shape index (κ2) is 6.06. The lowest BCUT2D eigenvalue weighted by Crippen LogP contribution is -2.48. The van der Waals surface area contributed by atoms with E-state index in [1.807, 2.05) is 0 Å². The molecule has 0 bridgehead atoms. The van der Waals surface area contributed by atoms with Crippen molar-refractivity contribution in [1.82, 2.24) is 9.97 Å². The Kier molecular flexibility index (Phi) is 4.57. The SMILES string of the molecule is Cc1cc(/C(N)=N/O)nc(N2CCSCC2S(C)(=O)=O)n1. The van der Waals surface area contributed by atoms with Crippen LogP contribution < -0.4 is 10.6 Å². The third-order valence-electron chi connectivity index (χ3n) is 3.05. The minimum atomic E-state index is -3.26. The second-order valence-electron chi connectivity index (χ2n) is 4.73. The average Bonchev–Trinajstić information content (AvgIpc) is 2.45. The molecule has 2 rings (SSSR count). The van der Waals surface area contributed by atoms with Gasteiger partial charge in [-0.05, 0) is 13.0 Å². The van der Waals surface area contributed by atoms with E-state index in [-0.39, 0.29) is 17.5 Å². The topological polar surface area (TPSA) is 122 Å². The maximum atomic E-state index is 11.9. The van der Waals surface area contributed by atoms with Crippen molar-refractivity contribution in [3.05, 3.63) is 17.5 Å². The largest absolute Gasteiger partial charge is 0.409 e. The van der Waals surface area contributed by atoms with Crippen molar-refractivity contribution in [3.63, 3.8) is 0 Å². The molecule has 0 amide bonds. The standard InChI is InChI=1S/C11H17N5O3S2/c1-7-5-8(10(12)15-17)14-11(13-7)16-3-4-20-6-9(16)21(2,18)19/h5,9,17H,3-4,6H2,1-2H3,(H2,12,15). The lowest BCUT2D eigenvalue weighted by Gasteiger charge is -2.34. The van der Waals surface area contributed by atoms with E-state index in [4.69, 9.17) is 10.9 Å². The average molecular weight is 331 g/mol. The fourth-order valence-corrected chi connectivity index (χ4v) is 4.84. The summed E-state index contributed by atoms with van der Waals surface area (Å²) in [6.45, 7) is 2.27. The van der Waals surface area contributed by atoms with Crippen LogP contribution in [0.4, 0.5) is 5.95 Å². The van der Waals surface area contributed by atoms with Gasteiger partial charge in [0.1, 0.15) is 11.1 Å². The Morgan fingerprint density at radius 1 is 1.57 bits per heavy atom. The number of nitrogens with zero attached hydrogens (tertiary/aromatic N) is 4. The van der Waals surface area contributed by atoms with Crippen molar-refractivity contribution < 1.29 is 13.6 Å². The fourth-order valence-electron chi connectivity index (χ4n) is 2.03. The number of anilines is 1. The van der Waals surface area contributed by atoms with E-state index in [1.165, 1.54) is 6.26 Å². The Bertz CT molecular complexity index is 662. The van der Waals surface area contributed by atoms with Gasteiger partial charge in [0.15, 0.2) is 15.7 Å². The van der Waals surface area contributed by atoms with Gasteiger partial charge in [-0.2, -0.15) is 11.8 Å². The molecule has 1 aliphatic heterocycles. The molecule has 0 aromatic carbocycles. The molecular weight excluding hydrogens is 314 g/mol. The highest BCUT2D eigenvalue weighted by molar-refractivity contribution is 8.01. The van der Waals surface area contributed by atoms with Crippen molar-refractivity contribution in [3.8, 4) is 0 Å². The number of rotatable bonds is 3. The van der Waals surface area contributed by atoms with Crippen molar-refractivity contribution in [2.45, 2.75) is 12.3 Å². The summed E-state index contributed by atoms with van der Waals surface area (Å²) in [5, 5.41) is 11.0. The zero-order valence-corrected chi connectivity index (χ0v) is 13.4. The third-order valence-corrected chi connectivity index (χ3v) is 5.69. The number of oxime groups is 1. The van der Waals surface area contributed by atoms with Crippen LogP contribution in [0.15, 0.2) is 11.2 Å². The molecule has 8 nitrogen and oxygen atoms in total. The van der Waals surface area contributed by atoms with Crippen LogP contribution in [0.5, 0.6) is 0 Å². The molecule has 1 aliphatic rings. The van der Waals surface area contributed by atoms with Gasteiger partial charge in [0.05, 0.1) is 0 Å². The van der Waals surface area contributed by atoms with E-state index >= 15 is 0 Å². The summed E-state index contributed by atoms with van der Waals surface area (Å²) in [5.74, 6) is 1.41. The first-order valence-corrected chi connectivity index (χ1v) is 9.30. The minimum Gasteiger partial charge on any atom is -0.409 e. The van der Waals surface area contributed by atoms with Gasteiger partial charge in [-0.3, -0.25) is 0 Å². The summed E-state index contributed by atoms with van der Waals surface area (Å²) in [6.07, 6.45) is 1.21. The molecule has 2 heterocycles. The van der Waals surface area contributed by atoms with Gasteiger partial charge in [-0.15, -0.1) is 0 Å². The van der Waals surface area contributed by atoms with Crippen molar-refractivity contribution in [2.24, 2.45) is 10.9 Å². The van der Waals surface area contributed by atoms with Crippen LogP contribution in [0.1, 0.15) is 11.4 Å². The Morgan fingerprint density at radius 2 is 2.29 bits per heavy atom. The van der Waals surface area contributed by atoms with E-state index < -0.39 is 15.2 Å². The van der Waals surface area contributed by atoms with Crippen LogP contribution >= 0.6 is 11.8 Å². The van der Waals surface area contributed by atoms with Gasteiger partial charge in [0, 0.05) is 30.0 Å². The van der Waals surface area contributed by atoms with E-state index in [9.17, 15) is 8.42 Å². The maximum absolute atomic E-state index is 11.9. The number of hydrogen-bond acceptors (Lipinski definition) is 8. The van der Waals surface area contributed by atoms with Gasteiger partial charge >= 0.3 is 0 Å². The number of aromatic nitrogens is 2. The lowest BCUT2D eigenvalue weighted by atomic mass is 10.3. The van der Waals surface area contributed by atoms with Gasteiger partial charge < -0.3 is 15.8 Å². The predicted octanol–water partition coefficient (Wildman–Crippen LogP) is -0.197. The molecule has 3 N–H and O–H groups in total. The Balaban J connectivity index is 2.46. The van der Waals surface area contributed by atoms with E-state index in [0.29, 0.717) is 18.0 Å². The van der Waals surface area contributed by atoms with Crippen LogP contribution in [0.2, 0.25) is 0 Å². The Morgan fingerprint density at radius 3 is 2.90 bits per heavy atom. The molecule has 0 radical (unpaired) electrons. The molecule has 0 aliphatic carbocycles. The number of aryl methyl sites for hydroxylation is 1. The molecule has 0 saturated carbocycles. The van der Waals surface area contributed by atoms with E-state index in [0.717, 1.165) is 5.75 Å². The summed E-state index contributed by atoms with van der Waals surface area (Å²) in [7, 11) is -3.26. The number of nitrogens with two attached hydrogens (primary N) is 1. The Labute approximate surface area is 127 Å². The molecule has 1 unspecified atom stereocenters. The number of sulfone groups is 1. The second-order valence-corrected chi connectivity index (χ2v) is 8.09. The molecule has 1 aromatic rings. The van der Waals surface area contributed by atoms with Crippen molar-refractivity contribution >= 4 is 33.4 Å². The predicted molar refractivity (Wildman–Crippen MR) is 82.6 cm³/mol. The zero-order chi connectivity index (χ0) is 15.6. The van der Waals surface area contributed by atoms with Gasteiger partial charge in [0.2, 0.25) is 5.95 Å². The van der Waals surface area contributed by atoms with Gasteiger partial charge in [-0.1, -0.05) is 5.16 Å². The van der Waals surface area contributed by atoms with E-state index in [2.05, 4.69) is 15.1 Å². The van der Waals surface area contributed by atoms with Crippen LogP contribution in [0.3, 0.4) is 0 Å². The molecule has 1 saturated heterocycles. The minimum absolute atomic E-state index is 0.135. The fraction of sp³-hybridized carbons (Fsp3) is 0.545. The molecule has 21 heavy (non-hydrogen) atoms. The number of hydrogen-bond donors (Lipinski definition) is 2. The first kappa shape index (κ1) is 15.8. The van der Waals surface area contributed by atoms with Gasteiger partial charge in [0.25, 0.3) is 0 Å². The number of thioether (sulfide) groups is 1. The number of amidine groups is 1. The smallest absolute Gasteiger partial charge is 0.227 e. The molecule has 10 heteroatoms. The molecular formula is C11H17N5O3S2. The summed E-state index contributed by atoms with van der Waals surface area (Å²) in [6, 6.07) is 1.58. The van der Waals surface area contributed by atoms with Gasteiger partial charge in [-0.25, -0.2) is 18.4 Å². The van der Waals surface area contributed by atoms with Crippen LogP contribution in [0, 0.1) is 6.92 Å². The first-order chi connectivity index (χ1) is 9.82. The van der Waals surface area contributed by atoms with Crippen molar-refractivity contribution in [2.75, 3.05) is 29.2 Å². The quantitative estimate of drug-likeness (QED) is 0.338. The molecule has 1 fully saturated rings. The van der Waals surface area contributed by atoms with Crippen LogP contribution in [-0.4, -0.2) is 59.1 Å². The summed E-state index contributed by atoms with van der Waals surface area (Å²) < 4.78 is 23.9.